The second-order valence-electron chi connectivity index (χ2n) is 3.72. The number of hydrogen-bond donors (Lipinski definition) is 1. The molecule has 0 saturated heterocycles. The van der Waals surface area contributed by atoms with Crippen molar-refractivity contribution < 1.29 is 26.7 Å². The fraction of sp³-hybridized carbons (Fsp3) is 1.00. The van der Waals surface area contributed by atoms with Crippen LogP contribution in [0, 0.1) is 0 Å². The summed E-state index contributed by atoms with van der Waals surface area (Å²) in [4.78, 5) is 0. The Hall–Kier alpha value is -0.430. The van der Waals surface area contributed by atoms with Crippen molar-refractivity contribution in [3.63, 3.8) is 0 Å². The van der Waals surface area contributed by atoms with Gasteiger partial charge < -0.3 is 10.1 Å². The Labute approximate surface area is 91.1 Å². The quantitative estimate of drug-likeness (QED) is 0.553. The highest BCUT2D eigenvalue weighted by Gasteiger charge is 2.57. The van der Waals surface area contributed by atoms with E-state index in [4.69, 9.17) is 0 Å². The van der Waals surface area contributed by atoms with Crippen molar-refractivity contribution >= 4 is 0 Å². The number of ether oxygens (including phenoxy) is 1. The van der Waals surface area contributed by atoms with Crippen molar-refractivity contribution in [2.24, 2.45) is 0 Å². The maximum Gasteiger partial charge on any atom is 0.455 e. The SMILES string of the molecule is CC(C)NCCCOCC(F)(F)C(F)(F)F. The minimum Gasteiger partial charge on any atom is -0.375 e. The van der Waals surface area contributed by atoms with Crippen LogP contribution in [-0.4, -0.2) is 37.9 Å². The summed E-state index contributed by atoms with van der Waals surface area (Å²) in [5, 5.41) is 2.98. The lowest BCUT2D eigenvalue weighted by Gasteiger charge is -2.19. The molecule has 0 heterocycles. The van der Waals surface area contributed by atoms with Gasteiger partial charge in [-0.2, -0.15) is 22.0 Å². The Bertz CT molecular complexity index is 193. The molecule has 0 rings (SSSR count). The summed E-state index contributed by atoms with van der Waals surface area (Å²) in [6, 6.07) is 0.247. The number of halogens is 5. The van der Waals surface area contributed by atoms with E-state index in [0.29, 0.717) is 13.0 Å². The van der Waals surface area contributed by atoms with Crippen molar-refractivity contribution in [3.8, 4) is 0 Å². The summed E-state index contributed by atoms with van der Waals surface area (Å²) in [5.74, 6) is -4.77. The smallest absolute Gasteiger partial charge is 0.375 e. The van der Waals surface area contributed by atoms with E-state index in [2.05, 4.69) is 10.1 Å². The van der Waals surface area contributed by atoms with Gasteiger partial charge in [0.2, 0.25) is 0 Å². The van der Waals surface area contributed by atoms with Gasteiger partial charge in [-0.1, -0.05) is 13.8 Å². The molecule has 0 aromatic heterocycles. The van der Waals surface area contributed by atoms with Gasteiger partial charge in [-0.15, -0.1) is 0 Å². The third kappa shape index (κ3) is 6.22. The van der Waals surface area contributed by atoms with Gasteiger partial charge in [0.15, 0.2) is 0 Å². The summed E-state index contributed by atoms with van der Waals surface area (Å²) < 4.78 is 63.9. The van der Waals surface area contributed by atoms with Gasteiger partial charge in [-0.25, -0.2) is 0 Å². The van der Waals surface area contributed by atoms with Crippen LogP contribution in [0.5, 0.6) is 0 Å². The molecule has 0 aromatic carbocycles. The maximum atomic E-state index is 12.3. The molecule has 0 aliphatic carbocycles. The van der Waals surface area contributed by atoms with Crippen LogP contribution in [0.15, 0.2) is 0 Å². The molecule has 0 aliphatic heterocycles. The zero-order chi connectivity index (χ0) is 12.8. The topological polar surface area (TPSA) is 21.3 Å². The molecule has 0 radical (unpaired) electrons. The van der Waals surface area contributed by atoms with E-state index in [9.17, 15) is 22.0 Å². The Morgan fingerprint density at radius 1 is 1.12 bits per heavy atom. The first-order chi connectivity index (χ1) is 7.17. The first-order valence-electron chi connectivity index (χ1n) is 4.92. The van der Waals surface area contributed by atoms with Crippen LogP contribution in [0.4, 0.5) is 22.0 Å². The molecule has 0 bridgehead atoms. The van der Waals surface area contributed by atoms with Gasteiger partial charge in [-0.05, 0) is 13.0 Å². The Kier molecular flexibility index (Phi) is 6.17. The van der Waals surface area contributed by atoms with Gasteiger partial charge in [0.1, 0.15) is 6.61 Å². The zero-order valence-electron chi connectivity index (χ0n) is 9.20. The largest absolute Gasteiger partial charge is 0.455 e. The van der Waals surface area contributed by atoms with Crippen molar-refractivity contribution in [3.05, 3.63) is 0 Å². The summed E-state index contributed by atoms with van der Waals surface area (Å²) >= 11 is 0. The number of rotatable bonds is 7. The molecular formula is C9H16F5NO. The van der Waals surface area contributed by atoms with Gasteiger partial charge in [0.05, 0.1) is 0 Å². The summed E-state index contributed by atoms with van der Waals surface area (Å²) in [7, 11) is 0. The molecule has 0 fully saturated rings. The van der Waals surface area contributed by atoms with E-state index in [1.54, 1.807) is 0 Å². The minimum absolute atomic E-state index is 0.120. The first-order valence-corrected chi connectivity index (χ1v) is 4.92. The van der Waals surface area contributed by atoms with E-state index >= 15 is 0 Å². The molecule has 0 aliphatic rings. The molecule has 2 nitrogen and oxygen atoms in total. The molecule has 0 amide bonds. The second-order valence-corrected chi connectivity index (χ2v) is 3.72. The number of alkyl halides is 5. The monoisotopic (exact) mass is 249 g/mol. The average molecular weight is 249 g/mol. The van der Waals surface area contributed by atoms with E-state index in [0.717, 1.165) is 0 Å². The average Bonchev–Trinajstić information content (AvgIpc) is 2.08. The molecule has 0 aromatic rings. The van der Waals surface area contributed by atoms with Crippen LogP contribution >= 0.6 is 0 Å². The third-order valence-electron chi connectivity index (χ3n) is 1.72. The van der Waals surface area contributed by atoms with Gasteiger partial charge in [-0.3, -0.25) is 0 Å². The lowest BCUT2D eigenvalue weighted by molar-refractivity contribution is -0.296. The highest BCUT2D eigenvalue weighted by Crippen LogP contribution is 2.35. The lowest BCUT2D eigenvalue weighted by atomic mass is 10.3. The highest BCUT2D eigenvalue weighted by atomic mass is 19.4. The molecule has 0 saturated carbocycles. The normalized spacial score (nSPS) is 13.5. The fourth-order valence-electron chi connectivity index (χ4n) is 0.847. The molecule has 16 heavy (non-hydrogen) atoms. The number of hydrogen-bond acceptors (Lipinski definition) is 2. The molecular weight excluding hydrogens is 233 g/mol. The summed E-state index contributed by atoms with van der Waals surface area (Å²) in [5.41, 5.74) is 0. The lowest BCUT2D eigenvalue weighted by Crippen LogP contribution is -2.41. The van der Waals surface area contributed by atoms with Gasteiger partial charge in [0, 0.05) is 12.6 Å². The van der Waals surface area contributed by atoms with Crippen molar-refractivity contribution in [2.75, 3.05) is 19.8 Å². The Balaban J connectivity index is 3.59. The summed E-state index contributed by atoms with van der Waals surface area (Å²) in [6.07, 6.45) is -5.14. The van der Waals surface area contributed by atoms with E-state index in [1.807, 2.05) is 13.8 Å². The van der Waals surface area contributed by atoms with Crippen molar-refractivity contribution in [2.45, 2.75) is 38.4 Å². The third-order valence-corrected chi connectivity index (χ3v) is 1.72. The van der Waals surface area contributed by atoms with E-state index in [-0.39, 0.29) is 12.6 Å². The molecule has 0 unspecified atom stereocenters. The first kappa shape index (κ1) is 15.6. The van der Waals surface area contributed by atoms with Gasteiger partial charge >= 0.3 is 12.1 Å². The van der Waals surface area contributed by atoms with Crippen LogP contribution in [-0.2, 0) is 4.74 Å². The van der Waals surface area contributed by atoms with E-state index in [1.165, 1.54) is 0 Å². The maximum absolute atomic E-state index is 12.3. The van der Waals surface area contributed by atoms with Crippen LogP contribution in [0.25, 0.3) is 0 Å². The van der Waals surface area contributed by atoms with Crippen LogP contribution in [0.3, 0.4) is 0 Å². The molecule has 1 N–H and O–H groups in total. The Morgan fingerprint density at radius 3 is 2.12 bits per heavy atom. The van der Waals surface area contributed by atoms with E-state index < -0.39 is 18.7 Å². The second kappa shape index (κ2) is 6.34. The summed E-state index contributed by atoms with van der Waals surface area (Å²) in [6.45, 7) is 2.59. The predicted molar refractivity (Wildman–Crippen MR) is 49.6 cm³/mol. The van der Waals surface area contributed by atoms with Gasteiger partial charge in [0.25, 0.3) is 0 Å². The fourth-order valence-corrected chi connectivity index (χ4v) is 0.847. The van der Waals surface area contributed by atoms with Crippen molar-refractivity contribution in [1.29, 1.82) is 0 Å². The molecule has 7 heteroatoms. The predicted octanol–water partition coefficient (Wildman–Crippen LogP) is 2.59. The zero-order valence-corrected chi connectivity index (χ0v) is 9.20. The Morgan fingerprint density at radius 2 is 1.69 bits per heavy atom. The van der Waals surface area contributed by atoms with Crippen LogP contribution in [0.1, 0.15) is 20.3 Å². The standard InChI is InChI=1S/C9H16F5NO/c1-7(2)15-4-3-5-16-6-8(10,11)9(12,13)14/h7,15H,3-6H2,1-2H3. The van der Waals surface area contributed by atoms with Crippen molar-refractivity contribution in [1.82, 2.24) is 5.32 Å². The molecule has 0 spiro atoms. The highest BCUT2D eigenvalue weighted by molar-refractivity contribution is 4.74. The molecule has 0 atom stereocenters. The molecule has 98 valence electrons. The van der Waals surface area contributed by atoms with Crippen LogP contribution < -0.4 is 5.32 Å². The minimum atomic E-state index is -5.54. The van der Waals surface area contributed by atoms with Crippen LogP contribution in [0.2, 0.25) is 0 Å². The number of nitrogens with one attached hydrogen (secondary N) is 1.